The average Bonchev–Trinajstić information content (AvgIpc) is 2.64. The van der Waals surface area contributed by atoms with E-state index < -0.39 is 6.10 Å². The molecule has 2 aromatic heterocycles. The average molecular weight is 280 g/mol. The van der Waals surface area contributed by atoms with Crippen LogP contribution < -0.4 is 0 Å². The fourth-order valence-corrected chi connectivity index (χ4v) is 2.32. The Kier molecular flexibility index (Phi) is 4.56. The number of halogens is 1. The molecular weight excluding hydrogens is 262 g/mol. The lowest BCUT2D eigenvalue weighted by molar-refractivity contribution is 0.162. The van der Waals surface area contributed by atoms with Gasteiger partial charge in [0.2, 0.25) is 0 Å². The second-order valence-corrected chi connectivity index (χ2v) is 5.07. The highest BCUT2D eigenvalue weighted by Gasteiger charge is 2.15. The van der Waals surface area contributed by atoms with Gasteiger partial charge in [-0.05, 0) is 31.9 Å². The third-order valence-corrected chi connectivity index (χ3v) is 3.64. The maximum atomic E-state index is 10.1. The summed E-state index contributed by atoms with van der Waals surface area (Å²) in [5, 5.41) is 15.0. The van der Waals surface area contributed by atoms with Crippen LogP contribution in [0.4, 0.5) is 0 Å². The highest BCUT2D eigenvalue weighted by atomic mass is 35.5. The second-order valence-electron chi connectivity index (χ2n) is 4.69. The number of aliphatic hydroxyl groups is 1. The van der Waals surface area contributed by atoms with Gasteiger partial charge in [-0.1, -0.05) is 17.7 Å². The summed E-state index contributed by atoms with van der Waals surface area (Å²) in [5.74, 6) is 0. The molecule has 0 bridgehead atoms. The van der Waals surface area contributed by atoms with E-state index in [1.165, 1.54) is 0 Å². The zero-order chi connectivity index (χ0) is 13.8. The molecule has 0 spiro atoms. The Hall–Kier alpha value is -1.39. The molecule has 0 radical (unpaired) electrons. The standard InChI is InChI=1S/C14H18ClN3O/c1-10-14(15)13(18(2)17-10)9-12(19)7-6-11-5-3-4-8-16-11/h3-5,8,12,19H,6-7,9H2,1-2H3. The first-order valence-corrected chi connectivity index (χ1v) is 6.71. The van der Waals surface area contributed by atoms with Gasteiger partial charge < -0.3 is 5.11 Å². The van der Waals surface area contributed by atoms with Gasteiger partial charge in [-0.15, -0.1) is 0 Å². The number of hydrogen-bond acceptors (Lipinski definition) is 3. The molecule has 0 aliphatic carbocycles. The summed E-state index contributed by atoms with van der Waals surface area (Å²) in [4.78, 5) is 4.24. The molecule has 4 nitrogen and oxygen atoms in total. The maximum absolute atomic E-state index is 10.1. The van der Waals surface area contributed by atoms with E-state index in [9.17, 15) is 5.11 Å². The lowest BCUT2D eigenvalue weighted by Crippen LogP contribution is -2.14. The Balaban J connectivity index is 1.92. The molecule has 1 unspecified atom stereocenters. The molecule has 1 atom stereocenters. The van der Waals surface area contributed by atoms with Crippen molar-refractivity contribution in [1.29, 1.82) is 0 Å². The Bertz CT molecular complexity index is 539. The van der Waals surface area contributed by atoms with Crippen molar-refractivity contribution < 1.29 is 5.11 Å². The molecule has 0 saturated carbocycles. The zero-order valence-corrected chi connectivity index (χ0v) is 11.9. The zero-order valence-electron chi connectivity index (χ0n) is 11.2. The lowest BCUT2D eigenvalue weighted by atomic mass is 10.1. The summed E-state index contributed by atoms with van der Waals surface area (Å²) < 4.78 is 1.74. The van der Waals surface area contributed by atoms with E-state index in [0.29, 0.717) is 17.9 Å². The summed E-state index contributed by atoms with van der Waals surface area (Å²) in [7, 11) is 1.85. The van der Waals surface area contributed by atoms with Crippen LogP contribution in [0, 0.1) is 6.92 Å². The van der Waals surface area contributed by atoms with Gasteiger partial charge in [0, 0.05) is 25.4 Å². The molecule has 0 aliphatic heterocycles. The topological polar surface area (TPSA) is 50.9 Å². The van der Waals surface area contributed by atoms with Gasteiger partial charge in [0.05, 0.1) is 22.5 Å². The van der Waals surface area contributed by atoms with Crippen molar-refractivity contribution in [2.75, 3.05) is 0 Å². The summed E-state index contributed by atoms with van der Waals surface area (Å²) in [6.45, 7) is 1.87. The number of aryl methyl sites for hydroxylation is 3. The van der Waals surface area contributed by atoms with Crippen molar-refractivity contribution in [2.24, 2.45) is 7.05 Å². The molecule has 1 N–H and O–H groups in total. The van der Waals surface area contributed by atoms with Crippen LogP contribution in [0.3, 0.4) is 0 Å². The minimum Gasteiger partial charge on any atom is -0.393 e. The molecule has 2 rings (SSSR count). The predicted octanol–water partition coefficient (Wildman–Crippen LogP) is 2.31. The van der Waals surface area contributed by atoms with E-state index in [4.69, 9.17) is 11.6 Å². The first-order chi connectivity index (χ1) is 9.08. The van der Waals surface area contributed by atoms with Crippen molar-refractivity contribution in [3.8, 4) is 0 Å². The Morgan fingerprint density at radius 3 is 2.79 bits per heavy atom. The largest absolute Gasteiger partial charge is 0.393 e. The summed E-state index contributed by atoms with van der Waals surface area (Å²) in [6, 6.07) is 5.81. The Morgan fingerprint density at radius 2 is 2.21 bits per heavy atom. The normalized spacial score (nSPS) is 12.6. The van der Waals surface area contributed by atoms with Crippen LogP contribution in [0.2, 0.25) is 5.02 Å². The maximum Gasteiger partial charge on any atom is 0.0847 e. The highest BCUT2D eigenvalue weighted by Crippen LogP contribution is 2.21. The summed E-state index contributed by atoms with van der Waals surface area (Å²) >= 11 is 6.17. The van der Waals surface area contributed by atoms with Crippen molar-refractivity contribution in [2.45, 2.75) is 32.3 Å². The van der Waals surface area contributed by atoms with Crippen LogP contribution in [0.1, 0.15) is 23.5 Å². The first kappa shape index (κ1) is 14.0. The number of pyridine rings is 1. The van der Waals surface area contributed by atoms with Gasteiger partial charge in [0.25, 0.3) is 0 Å². The smallest absolute Gasteiger partial charge is 0.0847 e. The van der Waals surface area contributed by atoms with Gasteiger partial charge in [-0.25, -0.2) is 0 Å². The van der Waals surface area contributed by atoms with Crippen molar-refractivity contribution in [3.05, 3.63) is 46.5 Å². The first-order valence-electron chi connectivity index (χ1n) is 6.34. The Labute approximate surface area is 118 Å². The molecule has 102 valence electrons. The van der Waals surface area contributed by atoms with Crippen molar-refractivity contribution >= 4 is 11.6 Å². The highest BCUT2D eigenvalue weighted by molar-refractivity contribution is 6.31. The van der Waals surface area contributed by atoms with E-state index in [2.05, 4.69) is 10.1 Å². The molecule has 0 saturated heterocycles. The van der Waals surface area contributed by atoms with Crippen molar-refractivity contribution in [1.82, 2.24) is 14.8 Å². The fourth-order valence-electron chi connectivity index (χ4n) is 2.09. The third kappa shape index (κ3) is 3.55. The minimum absolute atomic E-state index is 0.436. The molecule has 0 amide bonds. The lowest BCUT2D eigenvalue weighted by Gasteiger charge is -2.10. The van der Waals surface area contributed by atoms with Crippen LogP contribution in [0.25, 0.3) is 0 Å². The summed E-state index contributed by atoms with van der Waals surface area (Å²) in [6.07, 6.45) is 3.27. The van der Waals surface area contributed by atoms with Crippen LogP contribution in [-0.4, -0.2) is 26.0 Å². The van der Waals surface area contributed by atoms with E-state index in [0.717, 1.165) is 23.5 Å². The van der Waals surface area contributed by atoms with Crippen LogP contribution in [0.5, 0.6) is 0 Å². The molecular formula is C14H18ClN3O. The summed E-state index contributed by atoms with van der Waals surface area (Å²) in [5.41, 5.74) is 2.68. The van der Waals surface area contributed by atoms with E-state index in [-0.39, 0.29) is 0 Å². The number of hydrogen-bond donors (Lipinski definition) is 1. The van der Waals surface area contributed by atoms with Gasteiger partial charge in [0.1, 0.15) is 0 Å². The van der Waals surface area contributed by atoms with Gasteiger partial charge in [-0.2, -0.15) is 5.10 Å². The minimum atomic E-state index is -0.436. The number of aromatic nitrogens is 3. The third-order valence-electron chi connectivity index (χ3n) is 3.15. The van der Waals surface area contributed by atoms with Crippen LogP contribution >= 0.6 is 11.6 Å². The van der Waals surface area contributed by atoms with Crippen molar-refractivity contribution in [3.63, 3.8) is 0 Å². The van der Waals surface area contributed by atoms with Gasteiger partial charge in [0.15, 0.2) is 0 Å². The number of aliphatic hydroxyl groups excluding tert-OH is 1. The predicted molar refractivity (Wildman–Crippen MR) is 75.2 cm³/mol. The Morgan fingerprint density at radius 1 is 1.42 bits per heavy atom. The quantitative estimate of drug-likeness (QED) is 0.914. The molecule has 2 aromatic rings. The molecule has 19 heavy (non-hydrogen) atoms. The van der Waals surface area contributed by atoms with Crippen LogP contribution in [0.15, 0.2) is 24.4 Å². The number of nitrogens with zero attached hydrogens (tertiary/aromatic N) is 3. The second kappa shape index (κ2) is 6.17. The molecule has 0 fully saturated rings. The van der Waals surface area contributed by atoms with E-state index in [1.807, 2.05) is 32.2 Å². The SMILES string of the molecule is Cc1nn(C)c(CC(O)CCc2ccccn2)c1Cl. The number of rotatable bonds is 5. The molecule has 2 heterocycles. The molecule has 0 aliphatic rings. The van der Waals surface area contributed by atoms with E-state index in [1.54, 1.807) is 10.9 Å². The van der Waals surface area contributed by atoms with Crippen LogP contribution in [-0.2, 0) is 19.9 Å². The molecule has 5 heteroatoms. The monoisotopic (exact) mass is 279 g/mol. The molecule has 0 aromatic carbocycles. The van der Waals surface area contributed by atoms with E-state index >= 15 is 0 Å². The fraction of sp³-hybridized carbons (Fsp3) is 0.429. The van der Waals surface area contributed by atoms with Gasteiger partial charge in [-0.3, -0.25) is 9.67 Å². The van der Waals surface area contributed by atoms with Gasteiger partial charge >= 0.3 is 0 Å².